The van der Waals surface area contributed by atoms with Crippen molar-refractivity contribution in [3.05, 3.63) is 23.9 Å². The van der Waals surface area contributed by atoms with Crippen molar-refractivity contribution in [1.29, 1.82) is 0 Å². The number of nitrogens with two attached hydrogens (primary N) is 1. The molecule has 0 aliphatic carbocycles. The number of nitrogens with one attached hydrogen (secondary N) is 1. The molecule has 1 unspecified atom stereocenters. The van der Waals surface area contributed by atoms with Gasteiger partial charge in [-0.15, -0.1) is 0 Å². The second kappa shape index (κ2) is 8.72. The quantitative estimate of drug-likeness (QED) is 0.617. The Morgan fingerprint density at radius 3 is 3.00 bits per heavy atom. The van der Waals surface area contributed by atoms with E-state index in [1.54, 1.807) is 0 Å². The summed E-state index contributed by atoms with van der Waals surface area (Å²) in [6.07, 6.45) is 3.22. The third-order valence-electron chi connectivity index (χ3n) is 3.83. The minimum Gasteiger partial charge on any atom is -0.375 e. The van der Waals surface area contributed by atoms with Gasteiger partial charge in [0.2, 0.25) is 0 Å². The van der Waals surface area contributed by atoms with Crippen LogP contribution in [-0.2, 0) is 11.3 Å². The standard InChI is InChI=1S/C17H29N5O/c1-13(2)6-7-19-17(18)21-11-15-4-5-16(20-10-15)22-8-9-23-14(3)12-22/h4-5,10,13-14H,6-9,11-12H2,1-3H3,(H3,18,19,21). The largest absolute Gasteiger partial charge is 0.375 e. The summed E-state index contributed by atoms with van der Waals surface area (Å²) in [5.74, 6) is 2.16. The molecule has 23 heavy (non-hydrogen) atoms. The van der Waals surface area contributed by atoms with E-state index in [4.69, 9.17) is 10.5 Å². The normalized spacial score (nSPS) is 19.2. The molecule has 2 rings (SSSR count). The first-order valence-electron chi connectivity index (χ1n) is 8.40. The van der Waals surface area contributed by atoms with Gasteiger partial charge in [-0.1, -0.05) is 19.9 Å². The minimum atomic E-state index is 0.256. The lowest BCUT2D eigenvalue weighted by molar-refractivity contribution is 0.0529. The molecule has 6 heteroatoms. The van der Waals surface area contributed by atoms with Crippen LogP contribution in [-0.4, -0.2) is 43.3 Å². The van der Waals surface area contributed by atoms with Gasteiger partial charge < -0.3 is 20.7 Å². The molecule has 0 radical (unpaired) electrons. The summed E-state index contributed by atoms with van der Waals surface area (Å²) < 4.78 is 5.56. The molecular formula is C17H29N5O. The average molecular weight is 319 g/mol. The average Bonchev–Trinajstić information content (AvgIpc) is 2.53. The topological polar surface area (TPSA) is 75.8 Å². The van der Waals surface area contributed by atoms with Crippen molar-refractivity contribution >= 4 is 11.8 Å². The highest BCUT2D eigenvalue weighted by Crippen LogP contribution is 2.15. The third kappa shape index (κ3) is 6.06. The van der Waals surface area contributed by atoms with Crippen LogP contribution in [0.3, 0.4) is 0 Å². The second-order valence-corrected chi connectivity index (χ2v) is 6.46. The smallest absolute Gasteiger partial charge is 0.188 e. The van der Waals surface area contributed by atoms with Crippen LogP contribution in [0.15, 0.2) is 23.3 Å². The zero-order valence-electron chi connectivity index (χ0n) is 14.5. The fourth-order valence-electron chi connectivity index (χ4n) is 2.45. The van der Waals surface area contributed by atoms with Gasteiger partial charge in [0.05, 0.1) is 19.3 Å². The van der Waals surface area contributed by atoms with E-state index in [2.05, 4.69) is 47.0 Å². The Labute approximate surface area is 139 Å². The van der Waals surface area contributed by atoms with E-state index in [1.807, 2.05) is 12.3 Å². The van der Waals surface area contributed by atoms with E-state index in [0.29, 0.717) is 18.4 Å². The number of hydrogen-bond donors (Lipinski definition) is 2. The lowest BCUT2D eigenvalue weighted by atomic mass is 10.1. The van der Waals surface area contributed by atoms with Crippen LogP contribution in [0.2, 0.25) is 0 Å². The van der Waals surface area contributed by atoms with Gasteiger partial charge in [0, 0.05) is 25.8 Å². The Balaban J connectivity index is 1.82. The Morgan fingerprint density at radius 2 is 2.35 bits per heavy atom. The fraction of sp³-hybridized carbons (Fsp3) is 0.647. The first-order valence-corrected chi connectivity index (χ1v) is 8.40. The molecule has 128 valence electrons. The number of morpholine rings is 1. The molecule has 0 bridgehead atoms. The number of guanidine groups is 1. The van der Waals surface area contributed by atoms with Gasteiger partial charge in [-0.05, 0) is 30.9 Å². The number of pyridine rings is 1. The maximum absolute atomic E-state index is 5.87. The van der Waals surface area contributed by atoms with Crippen molar-refractivity contribution in [3.8, 4) is 0 Å². The second-order valence-electron chi connectivity index (χ2n) is 6.46. The highest BCUT2D eigenvalue weighted by atomic mass is 16.5. The number of hydrogen-bond acceptors (Lipinski definition) is 4. The van der Waals surface area contributed by atoms with Crippen LogP contribution in [0, 0.1) is 5.92 Å². The molecule has 1 aliphatic rings. The number of aliphatic imine (C=N–C) groups is 1. The van der Waals surface area contributed by atoms with Gasteiger partial charge in [0.1, 0.15) is 5.82 Å². The van der Waals surface area contributed by atoms with E-state index in [0.717, 1.165) is 44.0 Å². The third-order valence-corrected chi connectivity index (χ3v) is 3.83. The Bertz CT molecular complexity index is 500. The van der Waals surface area contributed by atoms with E-state index in [1.165, 1.54) is 0 Å². The minimum absolute atomic E-state index is 0.256. The van der Waals surface area contributed by atoms with Crippen LogP contribution < -0.4 is 16.0 Å². The van der Waals surface area contributed by atoms with E-state index in [-0.39, 0.29) is 6.10 Å². The number of anilines is 1. The lowest BCUT2D eigenvalue weighted by Gasteiger charge is -2.32. The summed E-state index contributed by atoms with van der Waals surface area (Å²) >= 11 is 0. The predicted octanol–water partition coefficient (Wildman–Crippen LogP) is 1.76. The first kappa shape index (κ1) is 17.5. The summed E-state index contributed by atoms with van der Waals surface area (Å²) in [5.41, 5.74) is 6.93. The van der Waals surface area contributed by atoms with E-state index >= 15 is 0 Å². The number of ether oxygens (including phenoxy) is 1. The van der Waals surface area contributed by atoms with Crippen LogP contribution in [0.25, 0.3) is 0 Å². The van der Waals surface area contributed by atoms with Gasteiger partial charge in [0.15, 0.2) is 5.96 Å². The van der Waals surface area contributed by atoms with E-state index < -0.39 is 0 Å². The number of nitrogens with zero attached hydrogens (tertiary/aromatic N) is 3. The molecule has 1 aromatic heterocycles. The Morgan fingerprint density at radius 1 is 1.52 bits per heavy atom. The number of rotatable bonds is 6. The zero-order chi connectivity index (χ0) is 16.7. The zero-order valence-corrected chi connectivity index (χ0v) is 14.5. The van der Waals surface area contributed by atoms with Crippen LogP contribution in [0.4, 0.5) is 5.82 Å². The molecule has 6 nitrogen and oxygen atoms in total. The summed E-state index contributed by atoms with van der Waals surface area (Å²) in [7, 11) is 0. The Hall–Kier alpha value is -1.82. The SMILES string of the molecule is CC(C)CCNC(N)=NCc1ccc(N2CCOC(C)C2)nc1. The van der Waals surface area contributed by atoms with E-state index in [9.17, 15) is 0 Å². The van der Waals surface area contributed by atoms with Gasteiger partial charge >= 0.3 is 0 Å². The van der Waals surface area contributed by atoms with Crippen molar-refractivity contribution in [2.75, 3.05) is 31.1 Å². The molecule has 2 heterocycles. The van der Waals surface area contributed by atoms with Gasteiger partial charge in [-0.3, -0.25) is 0 Å². The summed E-state index contributed by atoms with van der Waals surface area (Å²) in [6, 6.07) is 4.11. The monoisotopic (exact) mass is 319 g/mol. The molecule has 0 aromatic carbocycles. The first-order chi connectivity index (χ1) is 11.0. The van der Waals surface area contributed by atoms with Crippen molar-refractivity contribution in [2.45, 2.75) is 39.8 Å². The van der Waals surface area contributed by atoms with Crippen molar-refractivity contribution in [3.63, 3.8) is 0 Å². The highest BCUT2D eigenvalue weighted by Gasteiger charge is 2.17. The molecule has 0 saturated carbocycles. The van der Waals surface area contributed by atoms with Crippen LogP contribution in [0.1, 0.15) is 32.8 Å². The lowest BCUT2D eigenvalue weighted by Crippen LogP contribution is -2.41. The summed E-state index contributed by atoms with van der Waals surface area (Å²) in [6.45, 7) is 10.4. The summed E-state index contributed by atoms with van der Waals surface area (Å²) in [5, 5.41) is 3.14. The van der Waals surface area contributed by atoms with Gasteiger partial charge in [-0.25, -0.2) is 9.98 Å². The van der Waals surface area contributed by atoms with Gasteiger partial charge in [0.25, 0.3) is 0 Å². The predicted molar refractivity (Wildman–Crippen MR) is 94.6 cm³/mol. The molecule has 1 fully saturated rings. The fourth-order valence-corrected chi connectivity index (χ4v) is 2.45. The highest BCUT2D eigenvalue weighted by molar-refractivity contribution is 5.77. The van der Waals surface area contributed by atoms with Crippen molar-refractivity contribution < 1.29 is 4.74 Å². The van der Waals surface area contributed by atoms with Crippen molar-refractivity contribution in [2.24, 2.45) is 16.6 Å². The molecule has 1 saturated heterocycles. The maximum Gasteiger partial charge on any atom is 0.188 e. The Kier molecular flexibility index (Phi) is 6.65. The molecule has 0 spiro atoms. The molecule has 1 aromatic rings. The van der Waals surface area contributed by atoms with Gasteiger partial charge in [-0.2, -0.15) is 0 Å². The summed E-state index contributed by atoms with van der Waals surface area (Å²) in [4.78, 5) is 11.1. The number of aromatic nitrogens is 1. The molecular weight excluding hydrogens is 290 g/mol. The molecule has 1 aliphatic heterocycles. The maximum atomic E-state index is 5.87. The van der Waals surface area contributed by atoms with Crippen molar-refractivity contribution in [1.82, 2.24) is 10.3 Å². The molecule has 0 amide bonds. The van der Waals surface area contributed by atoms with Crippen LogP contribution in [0.5, 0.6) is 0 Å². The van der Waals surface area contributed by atoms with Crippen LogP contribution >= 0.6 is 0 Å². The molecule has 1 atom stereocenters. The molecule has 3 N–H and O–H groups in total.